The zero-order chi connectivity index (χ0) is 13.8. The van der Waals surface area contributed by atoms with Crippen molar-refractivity contribution < 1.29 is 9.18 Å². The van der Waals surface area contributed by atoms with Crippen LogP contribution in [-0.4, -0.2) is 17.4 Å². The van der Waals surface area contributed by atoms with Gasteiger partial charge >= 0.3 is 0 Å². The Bertz CT molecular complexity index is 603. The van der Waals surface area contributed by atoms with Crippen LogP contribution in [0, 0.1) is 5.82 Å². The molecule has 0 spiro atoms. The predicted molar refractivity (Wildman–Crippen MR) is 74.6 cm³/mol. The number of aromatic nitrogens is 1. The van der Waals surface area contributed by atoms with E-state index >= 15 is 0 Å². The minimum absolute atomic E-state index is 0.0802. The van der Waals surface area contributed by atoms with Gasteiger partial charge in [-0.05, 0) is 30.7 Å². The lowest BCUT2D eigenvalue weighted by Gasteiger charge is -2.04. The molecule has 0 atom stereocenters. The summed E-state index contributed by atoms with van der Waals surface area (Å²) in [5.74, 6) is -1.27. The maximum atomic E-state index is 13.4. The Hall–Kier alpha value is -1.17. The highest BCUT2D eigenvalue weighted by molar-refractivity contribution is 7.16. The van der Waals surface area contributed by atoms with Crippen molar-refractivity contribution in [1.29, 1.82) is 0 Å². The van der Waals surface area contributed by atoms with Gasteiger partial charge in [-0.1, -0.05) is 23.2 Å². The molecule has 1 amide bonds. The van der Waals surface area contributed by atoms with Gasteiger partial charge in [0.2, 0.25) is 0 Å². The van der Waals surface area contributed by atoms with Crippen LogP contribution in [0.1, 0.15) is 15.4 Å². The second-order valence-corrected chi connectivity index (χ2v) is 5.86. The topological polar surface area (TPSA) is 42.0 Å². The highest BCUT2D eigenvalue weighted by Crippen LogP contribution is 2.21. The van der Waals surface area contributed by atoms with Crippen LogP contribution in [0.5, 0.6) is 0 Å². The molecule has 0 aliphatic carbocycles. The van der Waals surface area contributed by atoms with Crippen LogP contribution in [0.2, 0.25) is 9.49 Å². The largest absolute Gasteiger partial charge is 0.350 e. The van der Waals surface area contributed by atoms with E-state index in [9.17, 15) is 9.18 Å². The van der Waals surface area contributed by atoms with Gasteiger partial charge in [0.05, 0.1) is 4.34 Å². The number of nitrogens with zero attached hydrogens (tertiary/aromatic N) is 1. The molecule has 0 saturated carbocycles. The monoisotopic (exact) mass is 318 g/mol. The first-order valence-corrected chi connectivity index (χ1v) is 6.98. The Balaban J connectivity index is 1.92. The van der Waals surface area contributed by atoms with Crippen molar-refractivity contribution in [2.24, 2.45) is 0 Å². The summed E-state index contributed by atoms with van der Waals surface area (Å²) < 4.78 is 14.1. The normalized spacial score (nSPS) is 10.5. The molecule has 7 heteroatoms. The molecule has 2 aromatic rings. The van der Waals surface area contributed by atoms with E-state index in [0.29, 0.717) is 17.3 Å². The van der Waals surface area contributed by atoms with E-state index in [4.69, 9.17) is 23.2 Å². The van der Waals surface area contributed by atoms with Crippen molar-refractivity contribution in [1.82, 2.24) is 10.3 Å². The van der Waals surface area contributed by atoms with Gasteiger partial charge < -0.3 is 5.32 Å². The van der Waals surface area contributed by atoms with Crippen LogP contribution in [0.15, 0.2) is 24.3 Å². The lowest BCUT2D eigenvalue weighted by molar-refractivity contribution is 0.0945. The fourth-order valence-corrected chi connectivity index (χ4v) is 2.68. The average molecular weight is 319 g/mol. The quantitative estimate of drug-likeness (QED) is 0.876. The molecule has 0 fully saturated rings. The maximum absolute atomic E-state index is 13.4. The van der Waals surface area contributed by atoms with Gasteiger partial charge in [-0.15, -0.1) is 11.3 Å². The van der Waals surface area contributed by atoms with E-state index in [1.165, 1.54) is 17.4 Å². The molecule has 2 heterocycles. The van der Waals surface area contributed by atoms with Crippen molar-refractivity contribution in [2.75, 3.05) is 6.54 Å². The Labute approximate surface area is 123 Å². The molecule has 0 radical (unpaired) electrons. The minimum atomic E-state index is -0.693. The van der Waals surface area contributed by atoms with Gasteiger partial charge in [0.1, 0.15) is 5.15 Å². The Kier molecular flexibility index (Phi) is 4.74. The average Bonchev–Trinajstić information content (AvgIpc) is 2.78. The second-order valence-electron chi connectivity index (χ2n) is 3.68. The number of thiophene rings is 1. The third-order valence-corrected chi connectivity index (χ3v) is 3.81. The summed E-state index contributed by atoms with van der Waals surface area (Å²) >= 11 is 12.9. The summed E-state index contributed by atoms with van der Waals surface area (Å²) in [7, 11) is 0. The van der Waals surface area contributed by atoms with Gasteiger partial charge in [-0.25, -0.2) is 9.37 Å². The SMILES string of the molecule is O=C(NCCc1ccc(Cl)s1)c1nc(Cl)ccc1F. The zero-order valence-corrected chi connectivity index (χ0v) is 11.9. The van der Waals surface area contributed by atoms with Gasteiger partial charge in [0.25, 0.3) is 5.91 Å². The minimum Gasteiger partial charge on any atom is -0.350 e. The number of halogens is 3. The van der Waals surface area contributed by atoms with Crippen LogP contribution in [0.4, 0.5) is 4.39 Å². The smallest absolute Gasteiger partial charge is 0.273 e. The Morgan fingerprint density at radius 3 is 2.79 bits per heavy atom. The number of pyridine rings is 1. The third kappa shape index (κ3) is 3.89. The lowest BCUT2D eigenvalue weighted by atomic mass is 10.3. The fourth-order valence-electron chi connectivity index (χ4n) is 1.45. The number of carbonyl (C=O) groups is 1. The highest BCUT2D eigenvalue weighted by Gasteiger charge is 2.13. The van der Waals surface area contributed by atoms with Crippen molar-refractivity contribution in [3.8, 4) is 0 Å². The highest BCUT2D eigenvalue weighted by atomic mass is 35.5. The van der Waals surface area contributed by atoms with Crippen LogP contribution in [0.25, 0.3) is 0 Å². The standard InChI is InChI=1S/C12H9Cl2FN2OS/c13-9-3-2-8(15)11(17-9)12(18)16-6-5-7-1-4-10(14)19-7/h1-4H,5-6H2,(H,16,18). The lowest BCUT2D eigenvalue weighted by Crippen LogP contribution is -2.27. The number of carbonyl (C=O) groups excluding carboxylic acids is 1. The van der Waals surface area contributed by atoms with Crippen LogP contribution < -0.4 is 5.32 Å². The summed E-state index contributed by atoms with van der Waals surface area (Å²) in [5.41, 5.74) is -0.295. The Morgan fingerprint density at radius 2 is 2.11 bits per heavy atom. The van der Waals surface area contributed by atoms with Crippen molar-refractivity contribution in [2.45, 2.75) is 6.42 Å². The van der Waals surface area contributed by atoms with Gasteiger partial charge in [-0.2, -0.15) is 0 Å². The van der Waals surface area contributed by atoms with Crippen molar-refractivity contribution >= 4 is 40.4 Å². The number of hydrogen-bond donors (Lipinski definition) is 1. The van der Waals surface area contributed by atoms with Gasteiger partial charge in [0, 0.05) is 11.4 Å². The Morgan fingerprint density at radius 1 is 1.32 bits per heavy atom. The summed E-state index contributed by atoms with van der Waals surface area (Å²) in [6, 6.07) is 6.09. The van der Waals surface area contributed by atoms with E-state index in [-0.39, 0.29) is 10.8 Å². The zero-order valence-electron chi connectivity index (χ0n) is 9.62. The van der Waals surface area contributed by atoms with Gasteiger partial charge in [-0.3, -0.25) is 4.79 Å². The molecule has 0 aliphatic heterocycles. The molecule has 2 rings (SSSR count). The first kappa shape index (κ1) is 14.2. The van der Waals surface area contributed by atoms with Crippen LogP contribution >= 0.6 is 34.5 Å². The summed E-state index contributed by atoms with van der Waals surface area (Å²) in [5, 5.41) is 2.67. The molecule has 0 aromatic carbocycles. The molecule has 19 heavy (non-hydrogen) atoms. The first-order valence-electron chi connectivity index (χ1n) is 5.41. The van der Waals surface area contributed by atoms with E-state index in [0.717, 1.165) is 10.9 Å². The van der Waals surface area contributed by atoms with E-state index in [1.807, 2.05) is 6.07 Å². The summed E-state index contributed by atoms with van der Waals surface area (Å²) in [4.78, 5) is 16.4. The molecule has 1 N–H and O–H groups in total. The van der Waals surface area contributed by atoms with E-state index in [2.05, 4.69) is 10.3 Å². The van der Waals surface area contributed by atoms with Crippen LogP contribution in [-0.2, 0) is 6.42 Å². The molecular weight excluding hydrogens is 310 g/mol. The number of hydrogen-bond acceptors (Lipinski definition) is 3. The number of rotatable bonds is 4. The number of amides is 1. The molecule has 0 aliphatic rings. The van der Waals surface area contributed by atoms with Crippen molar-refractivity contribution in [3.63, 3.8) is 0 Å². The summed E-state index contributed by atoms with van der Waals surface area (Å²) in [6.07, 6.45) is 0.630. The first-order chi connectivity index (χ1) is 9.06. The molecule has 0 saturated heterocycles. The molecule has 3 nitrogen and oxygen atoms in total. The molecule has 0 unspecified atom stereocenters. The third-order valence-electron chi connectivity index (χ3n) is 2.31. The van der Waals surface area contributed by atoms with Crippen molar-refractivity contribution in [3.05, 3.63) is 50.1 Å². The molecule has 0 bridgehead atoms. The van der Waals surface area contributed by atoms with E-state index in [1.54, 1.807) is 6.07 Å². The molecule has 100 valence electrons. The fraction of sp³-hybridized carbons (Fsp3) is 0.167. The molecular formula is C12H9Cl2FN2OS. The van der Waals surface area contributed by atoms with Gasteiger partial charge in [0.15, 0.2) is 11.5 Å². The maximum Gasteiger partial charge on any atom is 0.273 e. The summed E-state index contributed by atoms with van der Waals surface area (Å²) in [6.45, 7) is 0.378. The van der Waals surface area contributed by atoms with Crippen LogP contribution in [0.3, 0.4) is 0 Å². The predicted octanol–water partition coefficient (Wildman–Crippen LogP) is 3.56. The van der Waals surface area contributed by atoms with E-state index < -0.39 is 11.7 Å². The number of nitrogens with one attached hydrogen (secondary N) is 1. The molecule has 2 aromatic heterocycles. The second kappa shape index (κ2) is 6.32.